The summed E-state index contributed by atoms with van der Waals surface area (Å²) in [6.07, 6.45) is 0.916. The molecular weight excluding hydrogens is 240 g/mol. The van der Waals surface area contributed by atoms with Gasteiger partial charge in [0.25, 0.3) is 0 Å². The van der Waals surface area contributed by atoms with Crippen molar-refractivity contribution < 1.29 is 9.84 Å². The molecule has 0 saturated carbocycles. The van der Waals surface area contributed by atoms with Crippen LogP contribution in [0.2, 0.25) is 0 Å². The van der Waals surface area contributed by atoms with Crippen LogP contribution in [0.25, 0.3) is 0 Å². The number of rotatable bonds is 8. The average molecular weight is 266 g/mol. The van der Waals surface area contributed by atoms with Gasteiger partial charge in [-0.3, -0.25) is 4.90 Å². The quantitative estimate of drug-likeness (QED) is 0.702. The summed E-state index contributed by atoms with van der Waals surface area (Å²) in [5.74, 6) is 0.870. The maximum absolute atomic E-state index is 9.28. The summed E-state index contributed by atoms with van der Waals surface area (Å²) in [4.78, 5) is 2.14. The zero-order chi connectivity index (χ0) is 14.3. The number of benzene rings is 1. The first-order chi connectivity index (χ1) is 9.01. The summed E-state index contributed by atoms with van der Waals surface area (Å²) in [5, 5.41) is 9.28. The molecule has 0 radical (unpaired) electrons. The maximum Gasteiger partial charge on any atom is 0.123 e. The lowest BCUT2D eigenvalue weighted by Crippen LogP contribution is -2.44. The molecule has 1 rings (SSSR count). The number of aliphatic hydroxyl groups excluding tert-OH is 1. The van der Waals surface area contributed by atoms with Crippen LogP contribution in [0.1, 0.15) is 25.8 Å². The van der Waals surface area contributed by atoms with Crippen molar-refractivity contribution in [2.75, 3.05) is 26.8 Å². The molecule has 0 unspecified atom stereocenters. The van der Waals surface area contributed by atoms with Crippen LogP contribution < -0.4 is 10.5 Å². The lowest BCUT2D eigenvalue weighted by Gasteiger charge is -2.33. The number of likely N-dealkylation sites (N-methyl/N-ethyl adjacent to an activating group) is 1. The Morgan fingerprint density at radius 3 is 2.63 bits per heavy atom. The van der Waals surface area contributed by atoms with Crippen molar-refractivity contribution in [2.24, 2.45) is 5.73 Å². The number of hydrogen-bond acceptors (Lipinski definition) is 4. The van der Waals surface area contributed by atoms with E-state index >= 15 is 0 Å². The van der Waals surface area contributed by atoms with Crippen molar-refractivity contribution in [2.45, 2.75) is 32.4 Å². The molecule has 0 saturated heterocycles. The first kappa shape index (κ1) is 16.0. The van der Waals surface area contributed by atoms with Crippen LogP contribution >= 0.6 is 0 Å². The predicted molar refractivity (Wildman–Crippen MR) is 78.2 cm³/mol. The molecule has 0 heterocycles. The van der Waals surface area contributed by atoms with Gasteiger partial charge < -0.3 is 15.6 Å². The molecule has 0 aliphatic rings. The Morgan fingerprint density at radius 1 is 1.32 bits per heavy atom. The van der Waals surface area contributed by atoms with Gasteiger partial charge in [0.1, 0.15) is 5.75 Å². The summed E-state index contributed by atoms with van der Waals surface area (Å²) < 4.78 is 5.76. The van der Waals surface area contributed by atoms with E-state index < -0.39 is 0 Å². The van der Waals surface area contributed by atoms with E-state index in [4.69, 9.17) is 10.5 Å². The summed E-state index contributed by atoms with van der Waals surface area (Å²) in [7, 11) is 2.02. The fourth-order valence-electron chi connectivity index (χ4n) is 1.72. The van der Waals surface area contributed by atoms with Crippen molar-refractivity contribution in [1.82, 2.24) is 4.90 Å². The van der Waals surface area contributed by atoms with Crippen LogP contribution in [0.5, 0.6) is 5.75 Å². The summed E-state index contributed by atoms with van der Waals surface area (Å²) in [6, 6.07) is 7.85. The van der Waals surface area contributed by atoms with E-state index in [-0.39, 0.29) is 12.1 Å². The smallest absolute Gasteiger partial charge is 0.123 e. The molecule has 4 heteroatoms. The number of nitrogens with zero attached hydrogens (tertiary/aromatic N) is 1. The predicted octanol–water partition coefficient (Wildman–Crippen LogP) is 1.62. The van der Waals surface area contributed by atoms with Crippen LogP contribution in [0.3, 0.4) is 0 Å². The van der Waals surface area contributed by atoms with Crippen molar-refractivity contribution in [3.63, 3.8) is 0 Å². The molecule has 0 aliphatic heterocycles. The van der Waals surface area contributed by atoms with E-state index in [2.05, 4.69) is 4.90 Å². The van der Waals surface area contributed by atoms with Crippen molar-refractivity contribution in [3.8, 4) is 5.75 Å². The topological polar surface area (TPSA) is 58.7 Å². The lowest BCUT2D eigenvalue weighted by atomic mass is 10.1. The number of hydrogen-bond donors (Lipinski definition) is 2. The van der Waals surface area contributed by atoms with Crippen molar-refractivity contribution >= 4 is 0 Å². The summed E-state index contributed by atoms with van der Waals surface area (Å²) in [6.45, 7) is 6.24. The average Bonchev–Trinajstić information content (AvgIpc) is 2.43. The summed E-state index contributed by atoms with van der Waals surface area (Å²) in [5.41, 5.74) is 6.51. The van der Waals surface area contributed by atoms with Crippen LogP contribution in [-0.2, 0) is 6.54 Å². The van der Waals surface area contributed by atoms with E-state index in [0.29, 0.717) is 13.2 Å². The molecule has 0 aromatic heterocycles. The monoisotopic (exact) mass is 266 g/mol. The van der Waals surface area contributed by atoms with Gasteiger partial charge in [0.15, 0.2) is 0 Å². The van der Waals surface area contributed by atoms with E-state index in [9.17, 15) is 5.11 Å². The lowest BCUT2D eigenvalue weighted by molar-refractivity contribution is 0.0747. The van der Waals surface area contributed by atoms with Crippen molar-refractivity contribution in [3.05, 3.63) is 29.8 Å². The Hall–Kier alpha value is -1.10. The van der Waals surface area contributed by atoms with Gasteiger partial charge in [0, 0.05) is 24.2 Å². The van der Waals surface area contributed by atoms with Gasteiger partial charge in [0.2, 0.25) is 0 Å². The molecule has 0 bridgehead atoms. The van der Waals surface area contributed by atoms with Gasteiger partial charge >= 0.3 is 0 Å². The van der Waals surface area contributed by atoms with Crippen LogP contribution in [0, 0.1) is 0 Å². The number of ether oxygens (including phenoxy) is 1. The van der Waals surface area contributed by atoms with E-state index in [1.807, 2.05) is 45.2 Å². The first-order valence-electron chi connectivity index (χ1n) is 6.74. The van der Waals surface area contributed by atoms with Gasteiger partial charge in [-0.25, -0.2) is 0 Å². The molecule has 1 aromatic rings. The molecule has 4 nitrogen and oxygen atoms in total. The Balaban J connectivity index is 2.35. The second-order valence-electron chi connectivity index (χ2n) is 5.41. The third-order valence-electron chi connectivity index (χ3n) is 3.51. The van der Waals surface area contributed by atoms with E-state index in [0.717, 1.165) is 24.3 Å². The number of para-hydroxylation sites is 1. The Morgan fingerprint density at radius 2 is 2.00 bits per heavy atom. The molecule has 0 spiro atoms. The van der Waals surface area contributed by atoms with Gasteiger partial charge in [-0.05, 0) is 33.4 Å². The SMILES string of the molecule is CN(CCCOc1ccccc1CN)C(C)(C)CO. The highest BCUT2D eigenvalue weighted by atomic mass is 16.5. The minimum Gasteiger partial charge on any atom is -0.493 e. The third-order valence-corrected chi connectivity index (χ3v) is 3.51. The molecule has 0 atom stereocenters. The van der Waals surface area contributed by atoms with Crippen LogP contribution in [-0.4, -0.2) is 42.4 Å². The van der Waals surface area contributed by atoms with Gasteiger partial charge in [0.05, 0.1) is 13.2 Å². The molecule has 0 aliphatic carbocycles. The standard InChI is InChI=1S/C15H26N2O2/c1-15(2,12-18)17(3)9-6-10-19-14-8-5-4-7-13(14)11-16/h4-5,7-8,18H,6,9-12,16H2,1-3H3. The van der Waals surface area contributed by atoms with Crippen LogP contribution in [0.4, 0.5) is 0 Å². The fourth-order valence-corrected chi connectivity index (χ4v) is 1.72. The minimum atomic E-state index is -0.185. The zero-order valence-corrected chi connectivity index (χ0v) is 12.2. The van der Waals surface area contributed by atoms with Crippen LogP contribution in [0.15, 0.2) is 24.3 Å². The maximum atomic E-state index is 9.28. The second kappa shape index (κ2) is 7.48. The number of nitrogens with two attached hydrogens (primary N) is 1. The molecule has 0 amide bonds. The fraction of sp³-hybridized carbons (Fsp3) is 0.600. The second-order valence-corrected chi connectivity index (χ2v) is 5.41. The highest BCUT2D eigenvalue weighted by molar-refractivity contribution is 5.32. The van der Waals surface area contributed by atoms with E-state index in [1.165, 1.54) is 0 Å². The Labute approximate surface area is 116 Å². The van der Waals surface area contributed by atoms with Gasteiger partial charge in [-0.1, -0.05) is 18.2 Å². The molecular formula is C15H26N2O2. The molecule has 19 heavy (non-hydrogen) atoms. The Kier molecular flexibility index (Phi) is 6.28. The highest BCUT2D eigenvalue weighted by Crippen LogP contribution is 2.17. The van der Waals surface area contributed by atoms with Gasteiger partial charge in [-0.2, -0.15) is 0 Å². The zero-order valence-electron chi connectivity index (χ0n) is 12.2. The van der Waals surface area contributed by atoms with Gasteiger partial charge in [-0.15, -0.1) is 0 Å². The largest absolute Gasteiger partial charge is 0.493 e. The number of aliphatic hydroxyl groups is 1. The minimum absolute atomic E-state index is 0.153. The molecule has 0 fully saturated rings. The Bertz CT molecular complexity index is 380. The molecule has 3 N–H and O–H groups in total. The highest BCUT2D eigenvalue weighted by Gasteiger charge is 2.21. The van der Waals surface area contributed by atoms with Crippen molar-refractivity contribution in [1.29, 1.82) is 0 Å². The molecule has 108 valence electrons. The third kappa shape index (κ3) is 4.82. The normalized spacial score (nSPS) is 11.9. The van der Waals surface area contributed by atoms with E-state index in [1.54, 1.807) is 0 Å². The first-order valence-corrected chi connectivity index (χ1v) is 6.74. The molecule has 1 aromatic carbocycles. The summed E-state index contributed by atoms with van der Waals surface area (Å²) >= 11 is 0.